The number of Topliss-reactive ketones (excluding diaryl/α,β-unsaturated/α-hetero) is 1. The highest BCUT2D eigenvalue weighted by Crippen LogP contribution is 2.21. The maximum absolute atomic E-state index is 11.7. The van der Waals surface area contributed by atoms with Crippen LogP contribution >= 0.6 is 0 Å². The number of anilines is 1. The van der Waals surface area contributed by atoms with Crippen LogP contribution in [0.2, 0.25) is 0 Å². The van der Waals surface area contributed by atoms with Crippen molar-refractivity contribution >= 4 is 34.4 Å². The van der Waals surface area contributed by atoms with Crippen LogP contribution in [0.5, 0.6) is 0 Å². The Morgan fingerprint density at radius 3 is 2.55 bits per heavy atom. The fourth-order valence-electron chi connectivity index (χ4n) is 2.37. The number of benzene rings is 1. The predicted molar refractivity (Wildman–Crippen MR) is 81.3 cm³/mol. The Hall–Kier alpha value is -2.83. The van der Waals surface area contributed by atoms with Gasteiger partial charge in [0.2, 0.25) is 5.91 Å². The molecule has 0 saturated heterocycles. The molecular weight excluding hydrogens is 286 g/mol. The first-order valence-corrected chi connectivity index (χ1v) is 6.74. The number of nitrogens with one attached hydrogen (secondary N) is 2. The van der Waals surface area contributed by atoms with E-state index in [9.17, 15) is 19.5 Å². The molecule has 1 aromatic heterocycles. The van der Waals surface area contributed by atoms with Gasteiger partial charge in [-0.15, -0.1) is 0 Å². The third kappa shape index (κ3) is 3.43. The number of aromatic amines is 1. The van der Waals surface area contributed by atoms with Gasteiger partial charge >= 0.3 is 5.97 Å². The first-order valence-electron chi connectivity index (χ1n) is 6.74. The second-order valence-electron chi connectivity index (χ2n) is 5.12. The first-order chi connectivity index (χ1) is 10.4. The minimum Gasteiger partial charge on any atom is -0.480 e. The number of hydrogen-bond acceptors (Lipinski definition) is 4. The lowest BCUT2D eigenvalue weighted by atomic mass is 9.92. The Labute approximate surface area is 126 Å². The molecule has 116 valence electrons. The van der Waals surface area contributed by atoms with Gasteiger partial charge in [0.15, 0.2) is 0 Å². The van der Waals surface area contributed by atoms with E-state index in [1.807, 2.05) is 24.3 Å². The number of carbonyl (C=O) groups excluding carboxylic acids is 2. The standard InChI is InChI=1S/C15H17N3O4/c1-8(19)10(7-12(16)20)14(15(21)22)18-13-6-9-4-2-3-5-11(9)17-13/h2-6,10,14,17-18H,7H2,1H3,(H2,16,20)(H,21,22)/t10?,14-/m0/s1. The van der Waals surface area contributed by atoms with Crippen molar-refractivity contribution in [1.29, 1.82) is 0 Å². The number of carbonyl (C=O) groups is 3. The van der Waals surface area contributed by atoms with Crippen LogP contribution in [0.3, 0.4) is 0 Å². The van der Waals surface area contributed by atoms with E-state index in [0.717, 1.165) is 10.9 Å². The quantitative estimate of drug-likeness (QED) is 0.609. The lowest BCUT2D eigenvalue weighted by molar-refractivity contribution is -0.142. The number of amides is 1. The van der Waals surface area contributed by atoms with Crippen LogP contribution in [0.15, 0.2) is 30.3 Å². The number of rotatable bonds is 7. The number of aromatic nitrogens is 1. The second-order valence-corrected chi connectivity index (χ2v) is 5.12. The van der Waals surface area contributed by atoms with Gasteiger partial charge < -0.3 is 21.1 Å². The highest BCUT2D eigenvalue weighted by molar-refractivity contribution is 5.92. The predicted octanol–water partition coefficient (Wildman–Crippen LogP) is 1.11. The lowest BCUT2D eigenvalue weighted by Gasteiger charge is -2.21. The van der Waals surface area contributed by atoms with Crippen LogP contribution in [-0.4, -0.2) is 33.8 Å². The summed E-state index contributed by atoms with van der Waals surface area (Å²) >= 11 is 0. The van der Waals surface area contributed by atoms with Crippen LogP contribution < -0.4 is 11.1 Å². The van der Waals surface area contributed by atoms with Gasteiger partial charge in [-0.3, -0.25) is 9.59 Å². The maximum atomic E-state index is 11.7. The molecule has 22 heavy (non-hydrogen) atoms. The van der Waals surface area contributed by atoms with Gasteiger partial charge in [-0.2, -0.15) is 0 Å². The van der Waals surface area contributed by atoms with Crippen LogP contribution in [0.1, 0.15) is 13.3 Å². The molecule has 5 N–H and O–H groups in total. The van der Waals surface area contributed by atoms with E-state index in [2.05, 4.69) is 10.3 Å². The van der Waals surface area contributed by atoms with Crippen LogP contribution in [0, 0.1) is 5.92 Å². The zero-order valence-corrected chi connectivity index (χ0v) is 12.0. The summed E-state index contributed by atoms with van der Waals surface area (Å²) in [5.74, 6) is -2.91. The molecule has 1 aromatic carbocycles. The Balaban J connectivity index is 2.28. The molecule has 0 radical (unpaired) electrons. The van der Waals surface area contributed by atoms with E-state index in [0.29, 0.717) is 5.82 Å². The van der Waals surface area contributed by atoms with Crippen LogP contribution in [0.4, 0.5) is 5.82 Å². The van der Waals surface area contributed by atoms with Gasteiger partial charge in [-0.05, 0) is 19.1 Å². The third-order valence-electron chi connectivity index (χ3n) is 3.45. The topological polar surface area (TPSA) is 125 Å². The number of ketones is 1. The minimum absolute atomic E-state index is 0.320. The average Bonchev–Trinajstić information content (AvgIpc) is 2.84. The molecule has 1 unspecified atom stereocenters. The van der Waals surface area contributed by atoms with E-state index in [-0.39, 0.29) is 6.42 Å². The summed E-state index contributed by atoms with van der Waals surface area (Å²) in [5, 5.41) is 13.0. The number of primary amides is 1. The molecule has 1 amide bonds. The number of para-hydroxylation sites is 1. The fraction of sp³-hybridized carbons (Fsp3) is 0.267. The van der Waals surface area contributed by atoms with Gasteiger partial charge in [0.05, 0.1) is 5.92 Å². The summed E-state index contributed by atoms with van der Waals surface area (Å²) in [7, 11) is 0. The molecule has 1 heterocycles. The summed E-state index contributed by atoms with van der Waals surface area (Å²) in [4.78, 5) is 37.2. The van der Waals surface area contributed by atoms with Crippen molar-refractivity contribution in [2.24, 2.45) is 11.7 Å². The van der Waals surface area contributed by atoms with Crippen molar-refractivity contribution in [3.63, 3.8) is 0 Å². The molecule has 0 spiro atoms. The van der Waals surface area contributed by atoms with E-state index >= 15 is 0 Å². The molecular formula is C15H17N3O4. The van der Waals surface area contributed by atoms with Crippen molar-refractivity contribution in [2.45, 2.75) is 19.4 Å². The number of H-pyrrole nitrogens is 1. The normalized spacial score (nSPS) is 13.5. The van der Waals surface area contributed by atoms with Gasteiger partial charge in [0, 0.05) is 17.3 Å². The fourth-order valence-corrected chi connectivity index (χ4v) is 2.37. The Kier molecular flexibility index (Phi) is 4.45. The van der Waals surface area contributed by atoms with Crippen molar-refractivity contribution < 1.29 is 19.5 Å². The van der Waals surface area contributed by atoms with Gasteiger partial charge in [0.1, 0.15) is 17.6 Å². The van der Waals surface area contributed by atoms with Crippen molar-refractivity contribution in [2.75, 3.05) is 5.32 Å². The van der Waals surface area contributed by atoms with Gasteiger partial charge in [-0.25, -0.2) is 4.79 Å². The minimum atomic E-state index is -1.24. The molecule has 0 bridgehead atoms. The maximum Gasteiger partial charge on any atom is 0.326 e. The molecule has 0 fully saturated rings. The largest absolute Gasteiger partial charge is 0.480 e. The molecule has 0 aliphatic carbocycles. The van der Waals surface area contributed by atoms with E-state index in [4.69, 9.17) is 5.73 Å². The molecule has 2 aromatic rings. The molecule has 0 aliphatic heterocycles. The number of hydrogen-bond donors (Lipinski definition) is 4. The van der Waals surface area contributed by atoms with Crippen molar-refractivity contribution in [1.82, 2.24) is 4.98 Å². The monoisotopic (exact) mass is 303 g/mol. The lowest BCUT2D eigenvalue weighted by Crippen LogP contribution is -2.42. The number of carboxylic acid groups (broad SMARTS) is 1. The molecule has 0 saturated carbocycles. The smallest absolute Gasteiger partial charge is 0.326 e. The second kappa shape index (κ2) is 6.30. The van der Waals surface area contributed by atoms with Crippen LogP contribution in [-0.2, 0) is 14.4 Å². The molecule has 2 atom stereocenters. The number of carboxylic acids is 1. The van der Waals surface area contributed by atoms with Gasteiger partial charge in [0.25, 0.3) is 0 Å². The number of nitrogens with two attached hydrogens (primary N) is 1. The van der Waals surface area contributed by atoms with Crippen molar-refractivity contribution in [3.05, 3.63) is 30.3 Å². The van der Waals surface area contributed by atoms with Crippen LogP contribution in [0.25, 0.3) is 10.9 Å². The molecule has 7 nitrogen and oxygen atoms in total. The number of fused-ring (bicyclic) bond motifs is 1. The zero-order chi connectivity index (χ0) is 16.3. The Morgan fingerprint density at radius 1 is 1.32 bits per heavy atom. The summed E-state index contributed by atoms with van der Waals surface area (Å²) in [6, 6.07) is 7.94. The average molecular weight is 303 g/mol. The first kappa shape index (κ1) is 15.6. The third-order valence-corrected chi connectivity index (χ3v) is 3.45. The SMILES string of the molecule is CC(=O)C(CC(N)=O)[C@H](Nc1cc2ccccc2[nH]1)C(=O)O. The highest BCUT2D eigenvalue weighted by atomic mass is 16.4. The van der Waals surface area contributed by atoms with E-state index < -0.39 is 29.6 Å². The Morgan fingerprint density at radius 2 is 2.00 bits per heavy atom. The molecule has 7 heteroatoms. The zero-order valence-electron chi connectivity index (χ0n) is 12.0. The Bertz CT molecular complexity index is 689. The highest BCUT2D eigenvalue weighted by Gasteiger charge is 2.33. The summed E-state index contributed by atoms with van der Waals surface area (Å²) in [5.41, 5.74) is 5.94. The molecule has 0 aliphatic rings. The van der Waals surface area contributed by atoms with Gasteiger partial charge in [-0.1, -0.05) is 18.2 Å². The summed E-state index contributed by atoms with van der Waals surface area (Å²) in [6.45, 7) is 1.25. The van der Waals surface area contributed by atoms with E-state index in [1.165, 1.54) is 6.92 Å². The summed E-state index contributed by atoms with van der Waals surface area (Å²) < 4.78 is 0. The molecule has 2 rings (SSSR count). The summed E-state index contributed by atoms with van der Waals surface area (Å²) in [6.07, 6.45) is -0.320. The van der Waals surface area contributed by atoms with E-state index in [1.54, 1.807) is 6.07 Å². The number of aliphatic carboxylic acids is 1. The van der Waals surface area contributed by atoms with Crippen molar-refractivity contribution in [3.8, 4) is 0 Å².